The van der Waals surface area contributed by atoms with E-state index in [9.17, 15) is 17.6 Å². The second kappa shape index (κ2) is 5.65. The minimum Gasteiger partial charge on any atom is -0.349 e. The van der Waals surface area contributed by atoms with Gasteiger partial charge in [-0.2, -0.15) is 0 Å². The summed E-state index contributed by atoms with van der Waals surface area (Å²) < 4.78 is 38.1. The van der Waals surface area contributed by atoms with Gasteiger partial charge in [0.05, 0.1) is 0 Å². The summed E-state index contributed by atoms with van der Waals surface area (Å²) in [6.45, 7) is 0.283. The standard InChI is InChI=1S/C13H14ClFN2O3S/c1-16(2)13(18)5-6-17-8-12(21(14,19)20)10-7-9(15)3-4-11(10)17/h3-4,7-8H,5-6H2,1-2H3. The monoisotopic (exact) mass is 332 g/mol. The van der Waals surface area contributed by atoms with Crippen molar-refractivity contribution in [3.8, 4) is 0 Å². The number of rotatable bonds is 4. The fourth-order valence-corrected chi connectivity index (χ4v) is 3.10. The van der Waals surface area contributed by atoms with Crippen molar-refractivity contribution in [3.05, 3.63) is 30.2 Å². The molecule has 0 aliphatic heterocycles. The minimum absolute atomic E-state index is 0.0887. The molecular formula is C13H14ClFN2O3S. The van der Waals surface area contributed by atoms with Crippen LogP contribution in [0.5, 0.6) is 0 Å². The Kier molecular flexibility index (Phi) is 4.25. The molecule has 0 aliphatic carbocycles. The molecule has 0 saturated carbocycles. The maximum Gasteiger partial charge on any atom is 0.263 e. The average molecular weight is 333 g/mol. The first kappa shape index (κ1) is 15.8. The summed E-state index contributed by atoms with van der Waals surface area (Å²) in [6, 6.07) is 3.82. The van der Waals surface area contributed by atoms with Crippen molar-refractivity contribution < 1.29 is 17.6 Å². The molecule has 1 amide bonds. The van der Waals surface area contributed by atoms with Crippen molar-refractivity contribution >= 4 is 36.5 Å². The van der Waals surface area contributed by atoms with Crippen LogP contribution in [-0.4, -0.2) is 37.9 Å². The highest BCUT2D eigenvalue weighted by Crippen LogP contribution is 2.28. The average Bonchev–Trinajstić information content (AvgIpc) is 2.73. The number of hydrogen-bond donors (Lipinski definition) is 0. The molecule has 0 unspecified atom stereocenters. The minimum atomic E-state index is -3.99. The molecular weight excluding hydrogens is 319 g/mol. The largest absolute Gasteiger partial charge is 0.349 e. The van der Waals surface area contributed by atoms with Crippen molar-refractivity contribution in [1.82, 2.24) is 9.47 Å². The highest BCUT2D eigenvalue weighted by Gasteiger charge is 2.19. The van der Waals surface area contributed by atoms with Crippen LogP contribution >= 0.6 is 10.7 Å². The third-order valence-electron chi connectivity index (χ3n) is 3.13. The molecule has 0 saturated heterocycles. The number of benzene rings is 1. The third kappa shape index (κ3) is 3.36. The Balaban J connectivity index is 2.48. The first-order chi connectivity index (χ1) is 9.70. The number of carbonyl (C=O) groups is 1. The molecule has 21 heavy (non-hydrogen) atoms. The van der Waals surface area contributed by atoms with E-state index in [1.54, 1.807) is 18.7 Å². The molecule has 0 fully saturated rings. The van der Waals surface area contributed by atoms with E-state index in [0.29, 0.717) is 5.52 Å². The normalized spacial score (nSPS) is 11.8. The van der Waals surface area contributed by atoms with Crippen LogP contribution in [-0.2, 0) is 20.4 Å². The summed E-state index contributed by atoms with van der Waals surface area (Å²) in [5.74, 6) is -0.638. The zero-order chi connectivity index (χ0) is 15.8. The number of amides is 1. The molecule has 114 valence electrons. The zero-order valence-corrected chi connectivity index (χ0v) is 13.1. The Bertz CT molecular complexity index is 799. The van der Waals surface area contributed by atoms with Gasteiger partial charge in [-0.05, 0) is 18.2 Å². The molecule has 0 aliphatic rings. The summed E-state index contributed by atoms with van der Waals surface area (Å²) in [7, 11) is 4.66. The first-order valence-electron chi connectivity index (χ1n) is 6.13. The topological polar surface area (TPSA) is 59.4 Å². The van der Waals surface area contributed by atoms with Gasteiger partial charge in [-0.25, -0.2) is 12.8 Å². The van der Waals surface area contributed by atoms with Gasteiger partial charge in [-0.3, -0.25) is 4.79 Å². The maximum atomic E-state index is 13.3. The van der Waals surface area contributed by atoms with Gasteiger partial charge in [-0.15, -0.1) is 0 Å². The Morgan fingerprint density at radius 2 is 2.05 bits per heavy atom. The van der Waals surface area contributed by atoms with E-state index in [4.69, 9.17) is 10.7 Å². The van der Waals surface area contributed by atoms with Gasteiger partial charge < -0.3 is 9.47 Å². The Morgan fingerprint density at radius 3 is 2.62 bits per heavy atom. The van der Waals surface area contributed by atoms with Gasteiger partial charge in [0.25, 0.3) is 9.05 Å². The predicted molar refractivity (Wildman–Crippen MR) is 78.2 cm³/mol. The Morgan fingerprint density at radius 1 is 1.38 bits per heavy atom. The van der Waals surface area contributed by atoms with Gasteiger partial charge in [-0.1, -0.05) is 0 Å². The van der Waals surface area contributed by atoms with E-state index >= 15 is 0 Å². The highest BCUT2D eigenvalue weighted by atomic mass is 35.7. The lowest BCUT2D eigenvalue weighted by Crippen LogP contribution is -2.22. The zero-order valence-electron chi connectivity index (χ0n) is 11.5. The fourth-order valence-electron chi connectivity index (χ4n) is 2.06. The Labute approximate surface area is 126 Å². The fraction of sp³-hybridized carbons (Fsp3) is 0.308. The SMILES string of the molecule is CN(C)C(=O)CCn1cc(S(=O)(=O)Cl)c2cc(F)ccc21. The lowest BCUT2D eigenvalue weighted by atomic mass is 10.2. The molecule has 0 spiro atoms. The van der Waals surface area contributed by atoms with Gasteiger partial charge in [0.1, 0.15) is 10.7 Å². The number of fused-ring (bicyclic) bond motifs is 1. The lowest BCUT2D eigenvalue weighted by Gasteiger charge is -2.10. The Hall–Kier alpha value is -1.60. The molecule has 0 N–H and O–H groups in total. The number of carbonyl (C=O) groups excluding carboxylic acids is 1. The van der Waals surface area contributed by atoms with Crippen LogP contribution in [0, 0.1) is 5.82 Å². The van der Waals surface area contributed by atoms with Crippen LogP contribution in [0.15, 0.2) is 29.3 Å². The van der Waals surface area contributed by atoms with Crippen molar-refractivity contribution in [2.24, 2.45) is 0 Å². The van der Waals surface area contributed by atoms with E-state index in [1.807, 2.05) is 0 Å². The number of aromatic nitrogens is 1. The smallest absolute Gasteiger partial charge is 0.263 e. The van der Waals surface area contributed by atoms with Crippen molar-refractivity contribution in [2.75, 3.05) is 14.1 Å². The van der Waals surface area contributed by atoms with Crippen molar-refractivity contribution in [3.63, 3.8) is 0 Å². The molecule has 0 bridgehead atoms. The molecule has 1 aromatic heterocycles. The highest BCUT2D eigenvalue weighted by molar-refractivity contribution is 8.14. The second-order valence-electron chi connectivity index (χ2n) is 4.82. The molecule has 5 nitrogen and oxygen atoms in total. The summed E-state index contributed by atoms with van der Waals surface area (Å²) in [6.07, 6.45) is 1.53. The van der Waals surface area contributed by atoms with Crippen LogP contribution in [0.1, 0.15) is 6.42 Å². The summed E-state index contributed by atoms with van der Waals surface area (Å²) in [5, 5.41) is 0.210. The van der Waals surface area contributed by atoms with Gasteiger partial charge >= 0.3 is 0 Å². The van der Waals surface area contributed by atoms with E-state index in [-0.39, 0.29) is 29.2 Å². The van der Waals surface area contributed by atoms with Gasteiger partial charge in [0.2, 0.25) is 5.91 Å². The van der Waals surface area contributed by atoms with Crippen LogP contribution < -0.4 is 0 Å². The predicted octanol–water partition coefficient (Wildman–Crippen LogP) is 2.19. The molecule has 1 heterocycles. The second-order valence-corrected chi connectivity index (χ2v) is 7.36. The third-order valence-corrected chi connectivity index (χ3v) is 4.48. The number of nitrogens with zero attached hydrogens (tertiary/aromatic N) is 2. The maximum absolute atomic E-state index is 13.3. The van der Waals surface area contributed by atoms with Crippen LogP contribution in [0.25, 0.3) is 10.9 Å². The molecule has 1 aromatic carbocycles. The van der Waals surface area contributed by atoms with Gasteiger partial charge in [0.15, 0.2) is 0 Å². The van der Waals surface area contributed by atoms with Crippen LogP contribution in [0.4, 0.5) is 4.39 Å². The molecule has 0 radical (unpaired) electrons. The van der Waals surface area contributed by atoms with E-state index in [0.717, 1.165) is 6.07 Å². The van der Waals surface area contributed by atoms with Crippen molar-refractivity contribution in [2.45, 2.75) is 17.9 Å². The summed E-state index contributed by atoms with van der Waals surface area (Å²) in [5.41, 5.74) is 0.516. The number of aryl methyl sites for hydroxylation is 1. The van der Waals surface area contributed by atoms with Crippen LogP contribution in [0.3, 0.4) is 0 Å². The van der Waals surface area contributed by atoms with Crippen molar-refractivity contribution in [1.29, 1.82) is 0 Å². The quantitative estimate of drug-likeness (QED) is 0.806. The molecule has 2 rings (SSSR count). The van der Waals surface area contributed by atoms with E-state index < -0.39 is 14.9 Å². The van der Waals surface area contributed by atoms with Crippen LogP contribution in [0.2, 0.25) is 0 Å². The molecule has 2 aromatic rings. The van der Waals surface area contributed by atoms with Gasteiger partial charge in [0, 0.05) is 54.8 Å². The number of hydrogen-bond acceptors (Lipinski definition) is 3. The summed E-state index contributed by atoms with van der Waals surface area (Å²) >= 11 is 0. The lowest BCUT2D eigenvalue weighted by molar-refractivity contribution is -0.128. The molecule has 0 atom stereocenters. The number of halogens is 2. The first-order valence-corrected chi connectivity index (χ1v) is 8.44. The van der Waals surface area contributed by atoms with E-state index in [1.165, 1.54) is 23.2 Å². The molecule has 8 heteroatoms. The summed E-state index contributed by atoms with van der Waals surface area (Å²) in [4.78, 5) is 12.9. The van der Waals surface area contributed by atoms with E-state index in [2.05, 4.69) is 0 Å².